The Morgan fingerprint density at radius 2 is 2.42 bits per heavy atom. The predicted molar refractivity (Wildman–Crippen MR) is 46.8 cm³/mol. The molecular weight excluding hydrogens is 154 g/mol. The Balaban J connectivity index is 2.12. The second-order valence-corrected chi connectivity index (χ2v) is 3.58. The molecule has 3 nitrogen and oxygen atoms in total. The Morgan fingerprint density at radius 3 is 2.92 bits per heavy atom. The van der Waals surface area contributed by atoms with E-state index in [0.717, 1.165) is 13.0 Å². The Morgan fingerprint density at radius 1 is 1.67 bits per heavy atom. The first kappa shape index (κ1) is 9.52. The predicted octanol–water partition coefficient (Wildman–Crippen LogP) is 0.938. The average Bonchev–Trinajstić information content (AvgIpc) is 2.51. The molecule has 0 aromatic heterocycles. The molecule has 70 valence electrons. The molecular formula is C9H17NO2. The summed E-state index contributed by atoms with van der Waals surface area (Å²) in [6, 6.07) is 0.396. The van der Waals surface area contributed by atoms with E-state index in [1.165, 1.54) is 6.42 Å². The molecule has 3 heteroatoms. The fourth-order valence-electron chi connectivity index (χ4n) is 1.25. The third kappa shape index (κ3) is 2.81. The van der Waals surface area contributed by atoms with E-state index in [1.807, 2.05) is 13.8 Å². The first-order valence-electron chi connectivity index (χ1n) is 4.60. The maximum absolute atomic E-state index is 11.0. The van der Waals surface area contributed by atoms with Crippen molar-refractivity contribution in [1.29, 1.82) is 0 Å². The van der Waals surface area contributed by atoms with E-state index in [-0.39, 0.29) is 11.9 Å². The van der Waals surface area contributed by atoms with Crippen LogP contribution >= 0.6 is 0 Å². The number of carbonyl (C=O) groups excluding carboxylic acids is 1. The lowest BCUT2D eigenvalue weighted by Gasteiger charge is -2.11. The minimum absolute atomic E-state index is 0.00796. The number of nitrogens with one attached hydrogen (secondary N) is 1. The highest BCUT2D eigenvalue weighted by Crippen LogP contribution is 2.06. The second kappa shape index (κ2) is 4.45. The van der Waals surface area contributed by atoms with Crippen LogP contribution in [0.4, 0.5) is 0 Å². The van der Waals surface area contributed by atoms with Crippen molar-refractivity contribution in [3.63, 3.8) is 0 Å². The molecule has 1 rings (SSSR count). The van der Waals surface area contributed by atoms with Crippen molar-refractivity contribution in [2.24, 2.45) is 5.92 Å². The summed E-state index contributed by atoms with van der Waals surface area (Å²) in [4.78, 5) is 11.0. The molecule has 1 atom stereocenters. The minimum Gasteiger partial charge on any atom is -0.464 e. The van der Waals surface area contributed by atoms with E-state index in [1.54, 1.807) is 0 Å². The van der Waals surface area contributed by atoms with Gasteiger partial charge in [0.25, 0.3) is 0 Å². The lowest BCUT2D eigenvalue weighted by molar-refractivity contribution is -0.147. The van der Waals surface area contributed by atoms with Crippen molar-refractivity contribution in [2.45, 2.75) is 32.7 Å². The largest absolute Gasteiger partial charge is 0.464 e. The van der Waals surface area contributed by atoms with Gasteiger partial charge in [0.1, 0.15) is 6.61 Å². The highest BCUT2D eigenvalue weighted by atomic mass is 16.5. The van der Waals surface area contributed by atoms with Crippen molar-refractivity contribution in [3.05, 3.63) is 0 Å². The van der Waals surface area contributed by atoms with Crippen molar-refractivity contribution >= 4 is 5.97 Å². The molecule has 1 fully saturated rings. The van der Waals surface area contributed by atoms with Crippen molar-refractivity contribution < 1.29 is 9.53 Å². The number of ether oxygens (including phenoxy) is 1. The third-order valence-corrected chi connectivity index (χ3v) is 2.06. The second-order valence-electron chi connectivity index (χ2n) is 3.58. The van der Waals surface area contributed by atoms with Gasteiger partial charge in [0.2, 0.25) is 0 Å². The molecule has 0 aromatic rings. The zero-order valence-electron chi connectivity index (χ0n) is 7.80. The fourth-order valence-corrected chi connectivity index (χ4v) is 1.25. The molecule has 1 aliphatic rings. The molecule has 0 saturated carbocycles. The average molecular weight is 171 g/mol. The van der Waals surface area contributed by atoms with E-state index in [2.05, 4.69) is 5.32 Å². The van der Waals surface area contributed by atoms with Gasteiger partial charge in [0.15, 0.2) is 0 Å². The molecule has 1 N–H and O–H groups in total. The standard InChI is InChI=1S/C9H17NO2/c1-7(2)9(11)12-6-8-4-3-5-10-8/h7-8,10H,3-6H2,1-2H3/t8-/m1/s1. The van der Waals surface area contributed by atoms with Gasteiger partial charge in [-0.25, -0.2) is 0 Å². The van der Waals surface area contributed by atoms with Crippen LogP contribution in [0.25, 0.3) is 0 Å². The van der Waals surface area contributed by atoms with Crippen LogP contribution in [-0.2, 0) is 9.53 Å². The molecule has 0 amide bonds. The van der Waals surface area contributed by atoms with Crippen LogP contribution in [0.5, 0.6) is 0 Å². The van der Waals surface area contributed by atoms with Crippen LogP contribution in [0.15, 0.2) is 0 Å². The van der Waals surface area contributed by atoms with Gasteiger partial charge in [-0.15, -0.1) is 0 Å². The van der Waals surface area contributed by atoms with Crippen molar-refractivity contribution in [3.8, 4) is 0 Å². The van der Waals surface area contributed by atoms with E-state index in [9.17, 15) is 4.79 Å². The van der Waals surface area contributed by atoms with Gasteiger partial charge in [0.05, 0.1) is 5.92 Å². The maximum atomic E-state index is 11.0. The van der Waals surface area contributed by atoms with E-state index in [0.29, 0.717) is 12.6 Å². The Hall–Kier alpha value is -0.570. The number of carbonyl (C=O) groups is 1. The summed E-state index contributed by atoms with van der Waals surface area (Å²) in [5.74, 6) is -0.102. The number of rotatable bonds is 3. The molecule has 12 heavy (non-hydrogen) atoms. The Bertz CT molecular complexity index is 151. The molecule has 1 saturated heterocycles. The quantitative estimate of drug-likeness (QED) is 0.642. The molecule has 1 heterocycles. The first-order valence-corrected chi connectivity index (χ1v) is 4.60. The highest BCUT2D eigenvalue weighted by molar-refractivity contribution is 5.71. The highest BCUT2D eigenvalue weighted by Gasteiger charge is 2.16. The summed E-state index contributed by atoms with van der Waals surface area (Å²) in [5.41, 5.74) is 0. The molecule has 0 bridgehead atoms. The van der Waals surface area contributed by atoms with Gasteiger partial charge >= 0.3 is 5.97 Å². The molecule has 0 radical (unpaired) electrons. The monoisotopic (exact) mass is 171 g/mol. The van der Waals surface area contributed by atoms with E-state index >= 15 is 0 Å². The maximum Gasteiger partial charge on any atom is 0.308 e. The van der Waals surface area contributed by atoms with Gasteiger partial charge in [-0.2, -0.15) is 0 Å². The molecule has 0 aliphatic carbocycles. The van der Waals surface area contributed by atoms with Crippen LogP contribution in [0, 0.1) is 5.92 Å². The van der Waals surface area contributed by atoms with Crippen LogP contribution in [0.2, 0.25) is 0 Å². The molecule has 0 spiro atoms. The summed E-state index contributed by atoms with van der Waals surface area (Å²) in [6.45, 7) is 5.30. The SMILES string of the molecule is CC(C)C(=O)OC[C@H]1CCCN1. The van der Waals surface area contributed by atoms with Gasteiger partial charge < -0.3 is 10.1 Å². The third-order valence-electron chi connectivity index (χ3n) is 2.06. The lowest BCUT2D eigenvalue weighted by Crippen LogP contribution is -2.29. The summed E-state index contributed by atoms with van der Waals surface area (Å²) in [5, 5.41) is 3.27. The summed E-state index contributed by atoms with van der Waals surface area (Å²) in [6.07, 6.45) is 2.33. The normalized spacial score (nSPS) is 23.1. The first-order chi connectivity index (χ1) is 5.70. The van der Waals surface area contributed by atoms with Crippen LogP contribution in [-0.4, -0.2) is 25.2 Å². The van der Waals surface area contributed by atoms with Gasteiger partial charge in [0, 0.05) is 6.04 Å². The smallest absolute Gasteiger partial charge is 0.308 e. The van der Waals surface area contributed by atoms with Gasteiger partial charge in [-0.3, -0.25) is 4.79 Å². The molecule has 1 aliphatic heterocycles. The number of hydrogen-bond acceptors (Lipinski definition) is 3. The molecule has 0 aromatic carbocycles. The number of esters is 1. The summed E-state index contributed by atoms with van der Waals surface area (Å²) < 4.78 is 5.09. The topological polar surface area (TPSA) is 38.3 Å². The summed E-state index contributed by atoms with van der Waals surface area (Å²) in [7, 11) is 0. The summed E-state index contributed by atoms with van der Waals surface area (Å²) >= 11 is 0. The minimum atomic E-state index is -0.0938. The van der Waals surface area contributed by atoms with Crippen molar-refractivity contribution in [2.75, 3.05) is 13.2 Å². The van der Waals surface area contributed by atoms with Gasteiger partial charge in [-0.05, 0) is 19.4 Å². The zero-order valence-corrected chi connectivity index (χ0v) is 7.80. The molecule has 0 unspecified atom stereocenters. The van der Waals surface area contributed by atoms with Gasteiger partial charge in [-0.1, -0.05) is 13.8 Å². The zero-order chi connectivity index (χ0) is 8.97. The van der Waals surface area contributed by atoms with Crippen LogP contribution in [0.1, 0.15) is 26.7 Å². The van der Waals surface area contributed by atoms with E-state index < -0.39 is 0 Å². The Labute approximate surface area is 73.5 Å². The van der Waals surface area contributed by atoms with E-state index in [4.69, 9.17) is 4.74 Å². The number of hydrogen-bond donors (Lipinski definition) is 1. The van der Waals surface area contributed by atoms with Crippen LogP contribution in [0.3, 0.4) is 0 Å². The Kier molecular flexibility index (Phi) is 3.53. The fraction of sp³-hybridized carbons (Fsp3) is 0.889. The van der Waals surface area contributed by atoms with Crippen LogP contribution < -0.4 is 5.32 Å². The lowest BCUT2D eigenvalue weighted by atomic mass is 10.2. The van der Waals surface area contributed by atoms with Crippen molar-refractivity contribution in [1.82, 2.24) is 5.32 Å².